The molecule has 1 aromatic heterocycles. The summed E-state index contributed by atoms with van der Waals surface area (Å²) in [5, 5.41) is 3.92. The number of nitrogens with one attached hydrogen (secondary N) is 1. The fourth-order valence-corrected chi connectivity index (χ4v) is 3.83. The van der Waals surface area contributed by atoms with Crippen LogP contribution in [0.2, 0.25) is 0 Å². The van der Waals surface area contributed by atoms with Crippen molar-refractivity contribution in [3.8, 4) is 17.2 Å². The Balaban J connectivity index is 1.66. The van der Waals surface area contributed by atoms with Crippen LogP contribution in [0.4, 0.5) is 10.5 Å². The maximum absolute atomic E-state index is 13.0. The zero-order valence-corrected chi connectivity index (χ0v) is 17.6. The lowest BCUT2D eigenvalue weighted by Gasteiger charge is -2.18. The van der Waals surface area contributed by atoms with E-state index in [0.29, 0.717) is 42.6 Å². The highest BCUT2D eigenvalue weighted by atomic mass is 16.5. The molecule has 30 heavy (non-hydrogen) atoms. The smallest absolute Gasteiger partial charge is 0.322 e. The van der Waals surface area contributed by atoms with Crippen molar-refractivity contribution in [1.82, 2.24) is 9.88 Å². The van der Waals surface area contributed by atoms with Gasteiger partial charge in [-0.05, 0) is 43.2 Å². The first-order valence-corrected chi connectivity index (χ1v) is 9.87. The van der Waals surface area contributed by atoms with Gasteiger partial charge in [0.2, 0.25) is 0 Å². The predicted octanol–water partition coefficient (Wildman–Crippen LogP) is 4.51. The molecule has 1 aliphatic rings. The first-order valence-electron chi connectivity index (χ1n) is 9.87. The molecule has 4 rings (SSSR count). The molecule has 2 heterocycles. The normalized spacial score (nSPS) is 12.6. The molecule has 1 N–H and O–H groups in total. The number of pyridine rings is 1. The Kier molecular flexibility index (Phi) is 5.35. The molecule has 0 unspecified atom stereocenters. The molecule has 0 saturated heterocycles. The van der Waals surface area contributed by atoms with Crippen molar-refractivity contribution in [3.63, 3.8) is 0 Å². The standard InChI is InChI=1S/C23H25N3O4/c1-5-30-20-9-7-6-8-19(20)25-23(27)26-12-17-14(2)24-22-16(18(17)13-26)10-15(28-3)11-21(22)29-4/h6-11H,5,12-13H2,1-4H3,(H,25,27). The van der Waals surface area contributed by atoms with E-state index in [1.807, 2.05) is 50.2 Å². The fraction of sp³-hybridized carbons (Fsp3) is 0.304. The number of anilines is 1. The van der Waals surface area contributed by atoms with Crippen molar-refractivity contribution >= 4 is 22.6 Å². The zero-order chi connectivity index (χ0) is 21.3. The third kappa shape index (κ3) is 3.47. The number of amides is 2. The van der Waals surface area contributed by atoms with Crippen LogP contribution in [-0.2, 0) is 13.1 Å². The lowest BCUT2D eigenvalue weighted by molar-refractivity contribution is 0.212. The summed E-state index contributed by atoms with van der Waals surface area (Å²) >= 11 is 0. The average molecular weight is 407 g/mol. The summed E-state index contributed by atoms with van der Waals surface area (Å²) in [7, 11) is 3.24. The summed E-state index contributed by atoms with van der Waals surface area (Å²) in [5.74, 6) is 2.01. The van der Waals surface area contributed by atoms with Crippen LogP contribution in [-0.4, -0.2) is 36.7 Å². The van der Waals surface area contributed by atoms with E-state index in [-0.39, 0.29) is 6.03 Å². The van der Waals surface area contributed by atoms with Crippen molar-refractivity contribution in [2.45, 2.75) is 26.9 Å². The molecule has 0 atom stereocenters. The summed E-state index contributed by atoms with van der Waals surface area (Å²) in [6, 6.07) is 11.0. The van der Waals surface area contributed by atoms with Crippen LogP contribution in [0, 0.1) is 6.92 Å². The molecular formula is C23H25N3O4. The predicted molar refractivity (Wildman–Crippen MR) is 115 cm³/mol. The number of nitrogens with zero attached hydrogens (tertiary/aromatic N) is 2. The molecule has 7 nitrogen and oxygen atoms in total. The van der Waals surface area contributed by atoms with Gasteiger partial charge in [-0.25, -0.2) is 9.78 Å². The zero-order valence-electron chi connectivity index (χ0n) is 17.6. The summed E-state index contributed by atoms with van der Waals surface area (Å²) in [5.41, 5.74) is 4.46. The Morgan fingerprint density at radius 1 is 1.10 bits per heavy atom. The maximum atomic E-state index is 13.0. The quantitative estimate of drug-likeness (QED) is 0.674. The van der Waals surface area contributed by atoms with Crippen molar-refractivity contribution < 1.29 is 19.0 Å². The monoisotopic (exact) mass is 407 g/mol. The number of fused-ring (bicyclic) bond motifs is 3. The topological polar surface area (TPSA) is 72.9 Å². The summed E-state index contributed by atoms with van der Waals surface area (Å²) in [6.07, 6.45) is 0. The highest BCUT2D eigenvalue weighted by Crippen LogP contribution is 2.38. The third-order valence-corrected chi connectivity index (χ3v) is 5.32. The SMILES string of the molecule is CCOc1ccccc1NC(=O)N1Cc2c(C)nc3c(OC)cc(OC)cc3c2C1. The first kappa shape index (κ1) is 19.8. The molecular weight excluding hydrogens is 382 g/mol. The molecule has 0 spiro atoms. The molecule has 0 fully saturated rings. The second-order valence-corrected chi connectivity index (χ2v) is 7.10. The highest BCUT2D eigenvalue weighted by molar-refractivity contribution is 5.94. The first-order chi connectivity index (χ1) is 14.5. The van der Waals surface area contributed by atoms with Crippen LogP contribution >= 0.6 is 0 Å². The Morgan fingerprint density at radius 2 is 1.87 bits per heavy atom. The minimum atomic E-state index is -0.180. The number of carbonyl (C=O) groups is 1. The van der Waals surface area contributed by atoms with E-state index < -0.39 is 0 Å². The van der Waals surface area contributed by atoms with Gasteiger partial charge in [-0.15, -0.1) is 0 Å². The molecule has 3 aromatic rings. The Hall–Kier alpha value is -3.48. The number of aromatic nitrogens is 1. The van der Waals surface area contributed by atoms with E-state index >= 15 is 0 Å². The van der Waals surface area contributed by atoms with E-state index in [1.165, 1.54) is 0 Å². The van der Waals surface area contributed by atoms with Gasteiger partial charge in [0.15, 0.2) is 0 Å². The molecule has 0 radical (unpaired) electrons. The molecule has 7 heteroatoms. The minimum absolute atomic E-state index is 0.180. The van der Waals surface area contributed by atoms with Gasteiger partial charge in [0.05, 0.1) is 26.5 Å². The lowest BCUT2D eigenvalue weighted by atomic mass is 10.0. The largest absolute Gasteiger partial charge is 0.497 e. The van der Waals surface area contributed by atoms with Gasteiger partial charge in [0, 0.05) is 30.2 Å². The van der Waals surface area contributed by atoms with Gasteiger partial charge in [0.1, 0.15) is 22.8 Å². The maximum Gasteiger partial charge on any atom is 0.322 e. The number of carbonyl (C=O) groups excluding carboxylic acids is 1. The van der Waals surface area contributed by atoms with Crippen molar-refractivity contribution in [2.75, 3.05) is 26.1 Å². The number of urea groups is 1. The number of benzene rings is 2. The minimum Gasteiger partial charge on any atom is -0.497 e. The van der Waals surface area contributed by atoms with Gasteiger partial charge in [-0.1, -0.05) is 12.1 Å². The van der Waals surface area contributed by atoms with E-state index in [1.54, 1.807) is 19.1 Å². The van der Waals surface area contributed by atoms with Crippen molar-refractivity contribution in [1.29, 1.82) is 0 Å². The van der Waals surface area contributed by atoms with Crippen LogP contribution in [0.5, 0.6) is 17.2 Å². The third-order valence-electron chi connectivity index (χ3n) is 5.32. The molecule has 156 valence electrons. The van der Waals surface area contributed by atoms with Gasteiger partial charge in [-0.2, -0.15) is 0 Å². The number of aryl methyl sites for hydroxylation is 1. The van der Waals surface area contributed by atoms with Gasteiger partial charge in [-0.3, -0.25) is 0 Å². The molecule has 0 saturated carbocycles. The Labute approximate surface area is 175 Å². The van der Waals surface area contributed by atoms with Gasteiger partial charge >= 0.3 is 6.03 Å². The second-order valence-electron chi connectivity index (χ2n) is 7.10. The number of hydrogen-bond acceptors (Lipinski definition) is 5. The summed E-state index contributed by atoms with van der Waals surface area (Å²) in [6.45, 7) is 5.38. The molecule has 0 bridgehead atoms. The molecule has 2 aromatic carbocycles. The number of methoxy groups -OCH3 is 2. The number of hydrogen-bond donors (Lipinski definition) is 1. The van der Waals surface area contributed by atoms with E-state index in [4.69, 9.17) is 19.2 Å². The Morgan fingerprint density at radius 3 is 2.60 bits per heavy atom. The van der Waals surface area contributed by atoms with Crippen molar-refractivity contribution in [2.24, 2.45) is 0 Å². The van der Waals surface area contributed by atoms with Crippen LogP contribution in [0.1, 0.15) is 23.7 Å². The van der Waals surface area contributed by atoms with Crippen LogP contribution in [0.25, 0.3) is 10.9 Å². The van der Waals surface area contributed by atoms with Gasteiger partial charge in [0.25, 0.3) is 0 Å². The second kappa shape index (κ2) is 8.10. The number of ether oxygens (including phenoxy) is 3. The molecule has 2 amide bonds. The lowest BCUT2D eigenvalue weighted by Crippen LogP contribution is -2.30. The van der Waals surface area contributed by atoms with Crippen LogP contribution in [0.15, 0.2) is 36.4 Å². The average Bonchev–Trinajstić information content (AvgIpc) is 3.21. The number of rotatable bonds is 5. The molecule has 1 aliphatic heterocycles. The fourth-order valence-electron chi connectivity index (χ4n) is 3.83. The Bertz CT molecular complexity index is 1110. The van der Waals surface area contributed by atoms with E-state index in [0.717, 1.165) is 27.7 Å². The van der Waals surface area contributed by atoms with Crippen LogP contribution in [0.3, 0.4) is 0 Å². The van der Waals surface area contributed by atoms with E-state index in [2.05, 4.69) is 5.32 Å². The van der Waals surface area contributed by atoms with Gasteiger partial charge < -0.3 is 24.4 Å². The summed E-state index contributed by atoms with van der Waals surface area (Å²) in [4.78, 5) is 19.5. The summed E-state index contributed by atoms with van der Waals surface area (Å²) < 4.78 is 16.6. The highest BCUT2D eigenvalue weighted by Gasteiger charge is 2.29. The van der Waals surface area contributed by atoms with Crippen LogP contribution < -0.4 is 19.5 Å². The number of para-hydroxylation sites is 2. The molecule has 0 aliphatic carbocycles. The van der Waals surface area contributed by atoms with Crippen molar-refractivity contribution in [3.05, 3.63) is 53.2 Å². The van der Waals surface area contributed by atoms with E-state index in [9.17, 15) is 4.79 Å².